The van der Waals surface area contributed by atoms with E-state index in [-0.39, 0.29) is 0 Å². The van der Waals surface area contributed by atoms with E-state index >= 15 is 0 Å². The molecule has 0 aliphatic heterocycles. The average molecular weight is 229 g/mol. The molecule has 0 saturated heterocycles. The Labute approximate surface area is 100 Å². The van der Waals surface area contributed by atoms with Gasteiger partial charge in [0.2, 0.25) is 5.88 Å². The maximum absolute atomic E-state index is 5.69. The Bertz CT molecular complexity index is 526. The van der Waals surface area contributed by atoms with Gasteiger partial charge in [0.25, 0.3) is 0 Å². The first kappa shape index (κ1) is 11.4. The number of aryl methyl sites for hydroxylation is 2. The van der Waals surface area contributed by atoms with Crippen molar-refractivity contribution in [2.45, 2.75) is 20.3 Å². The highest BCUT2D eigenvalue weighted by Crippen LogP contribution is 2.21. The summed E-state index contributed by atoms with van der Waals surface area (Å²) in [6.45, 7) is 3.99. The SMILES string of the molecule is CCc1nc(N)cc(Oc2cccc(C)c2)n1. The standard InChI is InChI=1S/C13H15N3O/c1-3-12-15-11(14)8-13(16-12)17-10-6-4-5-9(2)7-10/h4-8H,3H2,1-2H3,(H2,14,15,16). The lowest BCUT2D eigenvalue weighted by atomic mass is 10.2. The Morgan fingerprint density at radius 2 is 2.06 bits per heavy atom. The highest BCUT2D eigenvalue weighted by molar-refractivity contribution is 5.36. The number of benzene rings is 1. The predicted molar refractivity (Wildman–Crippen MR) is 67.1 cm³/mol. The quantitative estimate of drug-likeness (QED) is 0.879. The molecule has 88 valence electrons. The molecule has 0 aliphatic rings. The van der Waals surface area contributed by atoms with E-state index in [4.69, 9.17) is 10.5 Å². The third-order valence-corrected chi connectivity index (χ3v) is 2.30. The Hall–Kier alpha value is -2.10. The van der Waals surface area contributed by atoms with Crippen LogP contribution in [0.4, 0.5) is 5.82 Å². The van der Waals surface area contributed by atoms with Crippen LogP contribution in [0.1, 0.15) is 18.3 Å². The monoisotopic (exact) mass is 229 g/mol. The fourth-order valence-corrected chi connectivity index (χ4v) is 1.50. The molecule has 1 aromatic heterocycles. The van der Waals surface area contributed by atoms with Crippen LogP contribution in [0.15, 0.2) is 30.3 Å². The molecule has 0 radical (unpaired) electrons. The molecular weight excluding hydrogens is 214 g/mol. The number of hydrogen-bond acceptors (Lipinski definition) is 4. The van der Waals surface area contributed by atoms with Crippen LogP contribution in [0.2, 0.25) is 0 Å². The van der Waals surface area contributed by atoms with Crippen LogP contribution < -0.4 is 10.5 Å². The normalized spacial score (nSPS) is 10.2. The molecule has 0 fully saturated rings. The minimum atomic E-state index is 0.430. The Morgan fingerprint density at radius 1 is 1.24 bits per heavy atom. The zero-order chi connectivity index (χ0) is 12.3. The van der Waals surface area contributed by atoms with Gasteiger partial charge in [-0.25, -0.2) is 4.98 Å². The summed E-state index contributed by atoms with van der Waals surface area (Å²) in [5.74, 6) is 2.36. The molecule has 0 unspecified atom stereocenters. The highest BCUT2D eigenvalue weighted by atomic mass is 16.5. The number of nitrogens with zero attached hydrogens (tertiary/aromatic N) is 2. The van der Waals surface area contributed by atoms with E-state index in [1.54, 1.807) is 6.07 Å². The highest BCUT2D eigenvalue weighted by Gasteiger charge is 2.03. The average Bonchev–Trinajstić information content (AvgIpc) is 2.28. The van der Waals surface area contributed by atoms with Crippen molar-refractivity contribution in [3.05, 3.63) is 41.7 Å². The van der Waals surface area contributed by atoms with E-state index < -0.39 is 0 Å². The molecule has 2 rings (SSSR count). The van der Waals surface area contributed by atoms with E-state index in [2.05, 4.69) is 9.97 Å². The number of rotatable bonds is 3. The second-order valence-electron chi connectivity index (χ2n) is 3.82. The molecule has 2 N–H and O–H groups in total. The number of anilines is 1. The van der Waals surface area contributed by atoms with Crippen molar-refractivity contribution in [1.82, 2.24) is 9.97 Å². The van der Waals surface area contributed by atoms with Crippen LogP contribution in [0.25, 0.3) is 0 Å². The number of aromatic nitrogens is 2. The number of nitrogens with two attached hydrogens (primary N) is 1. The number of hydrogen-bond donors (Lipinski definition) is 1. The van der Waals surface area contributed by atoms with E-state index in [0.29, 0.717) is 17.5 Å². The molecule has 1 aromatic carbocycles. The maximum Gasteiger partial charge on any atom is 0.224 e. The smallest absolute Gasteiger partial charge is 0.224 e. The van der Waals surface area contributed by atoms with Gasteiger partial charge in [0.15, 0.2) is 0 Å². The van der Waals surface area contributed by atoms with Gasteiger partial charge in [-0.05, 0) is 24.6 Å². The van der Waals surface area contributed by atoms with Gasteiger partial charge < -0.3 is 10.5 Å². The summed E-state index contributed by atoms with van der Waals surface area (Å²) in [5, 5.41) is 0. The van der Waals surface area contributed by atoms with Crippen LogP contribution in [0, 0.1) is 6.92 Å². The third-order valence-electron chi connectivity index (χ3n) is 2.30. The van der Waals surface area contributed by atoms with Crippen LogP contribution in [-0.4, -0.2) is 9.97 Å². The zero-order valence-corrected chi connectivity index (χ0v) is 9.97. The van der Waals surface area contributed by atoms with Gasteiger partial charge in [0, 0.05) is 12.5 Å². The summed E-state index contributed by atoms with van der Waals surface area (Å²) >= 11 is 0. The van der Waals surface area contributed by atoms with Gasteiger partial charge in [-0.3, -0.25) is 0 Å². The molecular formula is C13H15N3O. The van der Waals surface area contributed by atoms with Gasteiger partial charge in [-0.2, -0.15) is 4.98 Å². The van der Waals surface area contributed by atoms with E-state index in [9.17, 15) is 0 Å². The Balaban J connectivity index is 2.26. The van der Waals surface area contributed by atoms with Crippen molar-refractivity contribution in [2.75, 3.05) is 5.73 Å². The molecule has 0 spiro atoms. The zero-order valence-electron chi connectivity index (χ0n) is 9.97. The second-order valence-corrected chi connectivity index (χ2v) is 3.82. The summed E-state index contributed by atoms with van der Waals surface area (Å²) in [5.41, 5.74) is 6.83. The lowest BCUT2D eigenvalue weighted by molar-refractivity contribution is 0.459. The minimum absolute atomic E-state index is 0.430. The first-order valence-electron chi connectivity index (χ1n) is 5.55. The number of ether oxygens (including phenoxy) is 1. The minimum Gasteiger partial charge on any atom is -0.439 e. The second kappa shape index (κ2) is 4.82. The van der Waals surface area contributed by atoms with Gasteiger partial charge in [0.05, 0.1) is 0 Å². The summed E-state index contributed by atoms with van der Waals surface area (Å²) in [6.07, 6.45) is 0.731. The summed E-state index contributed by atoms with van der Waals surface area (Å²) < 4.78 is 5.65. The molecule has 0 saturated carbocycles. The van der Waals surface area contributed by atoms with Crippen molar-refractivity contribution in [3.63, 3.8) is 0 Å². The molecule has 0 atom stereocenters. The fraction of sp³-hybridized carbons (Fsp3) is 0.231. The molecule has 17 heavy (non-hydrogen) atoms. The van der Waals surface area contributed by atoms with Gasteiger partial charge in [-0.15, -0.1) is 0 Å². The van der Waals surface area contributed by atoms with E-state index in [1.807, 2.05) is 38.1 Å². The third kappa shape index (κ3) is 2.93. The summed E-state index contributed by atoms with van der Waals surface area (Å²) in [7, 11) is 0. The van der Waals surface area contributed by atoms with Crippen molar-refractivity contribution >= 4 is 5.82 Å². The van der Waals surface area contributed by atoms with Gasteiger partial charge in [0.1, 0.15) is 17.4 Å². The molecule has 0 aliphatic carbocycles. The van der Waals surface area contributed by atoms with Crippen molar-refractivity contribution in [1.29, 1.82) is 0 Å². The lowest BCUT2D eigenvalue weighted by Gasteiger charge is -2.07. The van der Waals surface area contributed by atoms with Crippen molar-refractivity contribution in [3.8, 4) is 11.6 Å². The van der Waals surface area contributed by atoms with Crippen LogP contribution in [-0.2, 0) is 6.42 Å². The fourth-order valence-electron chi connectivity index (χ4n) is 1.50. The molecule has 4 nitrogen and oxygen atoms in total. The van der Waals surface area contributed by atoms with Crippen LogP contribution >= 0.6 is 0 Å². The molecule has 2 aromatic rings. The first-order chi connectivity index (χ1) is 8.17. The van der Waals surface area contributed by atoms with Gasteiger partial charge >= 0.3 is 0 Å². The lowest BCUT2D eigenvalue weighted by Crippen LogP contribution is -2.00. The van der Waals surface area contributed by atoms with E-state index in [1.165, 1.54) is 0 Å². The molecule has 1 heterocycles. The van der Waals surface area contributed by atoms with Crippen LogP contribution in [0.5, 0.6) is 11.6 Å². The van der Waals surface area contributed by atoms with E-state index in [0.717, 1.165) is 17.7 Å². The van der Waals surface area contributed by atoms with Crippen LogP contribution in [0.3, 0.4) is 0 Å². The van der Waals surface area contributed by atoms with Gasteiger partial charge in [-0.1, -0.05) is 19.1 Å². The largest absolute Gasteiger partial charge is 0.439 e. The summed E-state index contributed by atoms with van der Waals surface area (Å²) in [6, 6.07) is 9.41. The predicted octanol–water partition coefficient (Wildman–Crippen LogP) is 2.72. The molecule has 0 bridgehead atoms. The summed E-state index contributed by atoms with van der Waals surface area (Å²) in [4.78, 5) is 8.36. The maximum atomic E-state index is 5.69. The first-order valence-corrected chi connectivity index (χ1v) is 5.55. The number of nitrogen functional groups attached to an aromatic ring is 1. The van der Waals surface area contributed by atoms with Crippen molar-refractivity contribution in [2.24, 2.45) is 0 Å². The topological polar surface area (TPSA) is 61.0 Å². The Kier molecular flexibility index (Phi) is 3.23. The molecule has 4 heteroatoms. The Morgan fingerprint density at radius 3 is 2.76 bits per heavy atom. The molecule has 0 amide bonds. The van der Waals surface area contributed by atoms with Crippen molar-refractivity contribution < 1.29 is 4.74 Å².